The Hall–Kier alpha value is -0.810. The molecule has 19 heavy (non-hydrogen) atoms. The molecule has 0 amide bonds. The van der Waals surface area contributed by atoms with Gasteiger partial charge in [0.2, 0.25) is 0 Å². The van der Waals surface area contributed by atoms with Gasteiger partial charge in [-0.3, -0.25) is 0 Å². The molecule has 108 valence electrons. The molecule has 2 N–H and O–H groups in total. The van der Waals surface area contributed by atoms with Gasteiger partial charge in [0.25, 0.3) is 0 Å². The molecule has 2 atom stereocenters. The summed E-state index contributed by atoms with van der Waals surface area (Å²) in [4.78, 5) is 0. The lowest BCUT2D eigenvalue weighted by Gasteiger charge is -2.17. The Morgan fingerprint density at radius 1 is 1.16 bits per heavy atom. The lowest BCUT2D eigenvalue weighted by atomic mass is 10.1. The maximum atomic E-state index is 9.70. The second-order valence-corrected chi connectivity index (χ2v) is 5.14. The van der Waals surface area contributed by atoms with Crippen LogP contribution >= 0.6 is 11.6 Å². The smallest absolute Gasteiger partial charge is 0.125 e. The summed E-state index contributed by atoms with van der Waals surface area (Å²) in [6.07, 6.45) is -1.32. The van der Waals surface area contributed by atoms with Crippen molar-refractivity contribution in [3.63, 3.8) is 0 Å². The molecule has 0 aliphatic heterocycles. The van der Waals surface area contributed by atoms with E-state index in [-0.39, 0.29) is 19.3 Å². The molecule has 4 nitrogen and oxygen atoms in total. The molecule has 0 saturated carbocycles. The van der Waals surface area contributed by atoms with Gasteiger partial charge in [-0.05, 0) is 39.0 Å². The molecule has 0 radical (unpaired) electrons. The van der Waals surface area contributed by atoms with Crippen molar-refractivity contribution in [2.75, 3.05) is 13.2 Å². The summed E-state index contributed by atoms with van der Waals surface area (Å²) in [6.45, 7) is 5.76. The fraction of sp³-hybridized carbons (Fsp3) is 0.571. The highest BCUT2D eigenvalue weighted by atomic mass is 35.5. The molecular formula is C14H21ClO4. The molecule has 0 bridgehead atoms. The van der Waals surface area contributed by atoms with E-state index in [2.05, 4.69) is 0 Å². The first kappa shape index (κ1) is 16.2. The average molecular weight is 289 g/mol. The molecule has 1 aromatic carbocycles. The molecule has 0 heterocycles. The predicted molar refractivity (Wildman–Crippen MR) is 74.7 cm³/mol. The van der Waals surface area contributed by atoms with Gasteiger partial charge in [-0.1, -0.05) is 11.6 Å². The minimum absolute atomic E-state index is 0.0678. The molecule has 0 aliphatic carbocycles. The number of aliphatic hydroxyl groups is 2. The molecule has 1 unspecified atom stereocenters. The third kappa shape index (κ3) is 5.78. The normalized spacial score (nSPS) is 14.5. The van der Waals surface area contributed by atoms with Crippen molar-refractivity contribution in [3.8, 4) is 5.75 Å². The van der Waals surface area contributed by atoms with Crippen molar-refractivity contribution in [3.05, 3.63) is 28.8 Å². The van der Waals surface area contributed by atoms with Crippen molar-refractivity contribution in [2.45, 2.75) is 39.1 Å². The molecule has 5 heteroatoms. The summed E-state index contributed by atoms with van der Waals surface area (Å²) < 4.78 is 10.8. The SMILES string of the molecule is CC(C)OCC(O)COc1ccc(Cl)cc1[C@@H](C)O. The number of hydrogen-bond acceptors (Lipinski definition) is 4. The van der Waals surface area contributed by atoms with Crippen LogP contribution in [-0.2, 0) is 4.74 Å². The average Bonchev–Trinajstić information content (AvgIpc) is 2.34. The van der Waals surface area contributed by atoms with Crippen LogP contribution in [-0.4, -0.2) is 35.6 Å². The van der Waals surface area contributed by atoms with Gasteiger partial charge < -0.3 is 19.7 Å². The van der Waals surface area contributed by atoms with Crippen molar-refractivity contribution in [1.82, 2.24) is 0 Å². The number of aliphatic hydroxyl groups excluding tert-OH is 2. The highest BCUT2D eigenvalue weighted by Crippen LogP contribution is 2.28. The molecule has 1 rings (SSSR count). The van der Waals surface area contributed by atoms with Crippen LogP contribution in [0, 0.1) is 0 Å². The lowest BCUT2D eigenvalue weighted by molar-refractivity contribution is -0.0126. The third-order valence-corrected chi connectivity index (χ3v) is 2.71. The second kappa shape index (κ2) is 7.70. The number of benzene rings is 1. The van der Waals surface area contributed by atoms with Gasteiger partial charge >= 0.3 is 0 Å². The van der Waals surface area contributed by atoms with Gasteiger partial charge in [0.05, 0.1) is 18.8 Å². The third-order valence-electron chi connectivity index (χ3n) is 2.48. The van der Waals surface area contributed by atoms with Gasteiger partial charge in [0.1, 0.15) is 18.5 Å². The summed E-state index contributed by atoms with van der Waals surface area (Å²) in [7, 11) is 0. The zero-order valence-corrected chi connectivity index (χ0v) is 12.2. The summed E-state index contributed by atoms with van der Waals surface area (Å²) in [5.74, 6) is 0.517. The number of ether oxygens (including phenoxy) is 2. The highest BCUT2D eigenvalue weighted by molar-refractivity contribution is 6.30. The summed E-state index contributed by atoms with van der Waals surface area (Å²) >= 11 is 5.87. The van der Waals surface area contributed by atoms with Crippen molar-refractivity contribution in [1.29, 1.82) is 0 Å². The Bertz CT molecular complexity index is 393. The van der Waals surface area contributed by atoms with Crippen LogP contribution in [0.15, 0.2) is 18.2 Å². The first-order valence-corrected chi connectivity index (χ1v) is 6.68. The Balaban J connectivity index is 2.57. The standard InChI is InChI=1S/C14H21ClO4/c1-9(2)18-7-12(17)8-19-14-5-4-11(15)6-13(14)10(3)16/h4-6,9-10,12,16-17H,7-8H2,1-3H3/t10-,12?/m1/s1. The largest absolute Gasteiger partial charge is 0.490 e. The number of halogens is 1. The maximum Gasteiger partial charge on any atom is 0.125 e. The fourth-order valence-corrected chi connectivity index (χ4v) is 1.70. The molecule has 0 saturated heterocycles. The highest BCUT2D eigenvalue weighted by Gasteiger charge is 2.12. The molecule has 0 aliphatic rings. The topological polar surface area (TPSA) is 58.9 Å². The molecule has 1 aromatic rings. The Morgan fingerprint density at radius 3 is 2.42 bits per heavy atom. The minimum Gasteiger partial charge on any atom is -0.490 e. The van der Waals surface area contributed by atoms with Gasteiger partial charge in [0.15, 0.2) is 0 Å². The van der Waals surface area contributed by atoms with E-state index in [4.69, 9.17) is 21.1 Å². The minimum atomic E-state index is -0.708. The lowest BCUT2D eigenvalue weighted by Crippen LogP contribution is -2.25. The number of hydrogen-bond donors (Lipinski definition) is 2. The maximum absolute atomic E-state index is 9.70. The Labute approximate surface area is 118 Å². The van der Waals surface area contributed by atoms with Gasteiger partial charge in [-0.2, -0.15) is 0 Å². The second-order valence-electron chi connectivity index (χ2n) is 4.71. The van der Waals surface area contributed by atoms with E-state index in [1.807, 2.05) is 13.8 Å². The Kier molecular flexibility index (Phi) is 6.58. The van der Waals surface area contributed by atoms with Crippen LogP contribution in [0.1, 0.15) is 32.4 Å². The summed E-state index contributed by atoms with van der Waals surface area (Å²) in [6, 6.07) is 5.01. The first-order chi connectivity index (χ1) is 8.90. The van der Waals surface area contributed by atoms with Crippen LogP contribution < -0.4 is 4.74 Å². The zero-order valence-electron chi connectivity index (χ0n) is 11.5. The zero-order chi connectivity index (χ0) is 14.4. The predicted octanol–water partition coefficient (Wildman–Crippen LogP) is 2.56. The van der Waals surface area contributed by atoms with Crippen LogP contribution in [0.4, 0.5) is 0 Å². The van der Waals surface area contributed by atoms with Gasteiger partial charge in [0, 0.05) is 10.6 Å². The molecule has 0 fully saturated rings. The van der Waals surface area contributed by atoms with Crippen LogP contribution in [0.5, 0.6) is 5.75 Å². The van der Waals surface area contributed by atoms with Gasteiger partial charge in [-0.15, -0.1) is 0 Å². The Morgan fingerprint density at radius 2 is 1.84 bits per heavy atom. The van der Waals surface area contributed by atoms with Crippen LogP contribution in [0.2, 0.25) is 5.02 Å². The van der Waals surface area contributed by atoms with E-state index in [9.17, 15) is 10.2 Å². The van der Waals surface area contributed by atoms with E-state index in [0.29, 0.717) is 16.3 Å². The van der Waals surface area contributed by atoms with E-state index in [0.717, 1.165) is 0 Å². The van der Waals surface area contributed by atoms with Crippen molar-refractivity contribution >= 4 is 11.6 Å². The van der Waals surface area contributed by atoms with Gasteiger partial charge in [-0.25, -0.2) is 0 Å². The van der Waals surface area contributed by atoms with Crippen molar-refractivity contribution in [2.24, 2.45) is 0 Å². The molecule has 0 spiro atoms. The summed E-state index contributed by atoms with van der Waals surface area (Å²) in [5, 5.41) is 19.9. The molecule has 0 aromatic heterocycles. The first-order valence-electron chi connectivity index (χ1n) is 6.30. The van der Waals surface area contributed by atoms with E-state index in [1.54, 1.807) is 25.1 Å². The van der Waals surface area contributed by atoms with Crippen LogP contribution in [0.25, 0.3) is 0 Å². The summed E-state index contributed by atoms with van der Waals surface area (Å²) in [5.41, 5.74) is 0.601. The number of rotatable bonds is 7. The molecular weight excluding hydrogens is 268 g/mol. The van der Waals surface area contributed by atoms with Crippen molar-refractivity contribution < 1.29 is 19.7 Å². The monoisotopic (exact) mass is 288 g/mol. The quantitative estimate of drug-likeness (QED) is 0.809. The fourth-order valence-electron chi connectivity index (χ4n) is 1.51. The van der Waals surface area contributed by atoms with E-state index < -0.39 is 12.2 Å². The van der Waals surface area contributed by atoms with Crippen LogP contribution in [0.3, 0.4) is 0 Å². The van der Waals surface area contributed by atoms with E-state index in [1.165, 1.54) is 0 Å². The van der Waals surface area contributed by atoms with E-state index >= 15 is 0 Å².